The Morgan fingerprint density at radius 1 is 1.29 bits per heavy atom. The van der Waals surface area contributed by atoms with Gasteiger partial charge in [0.2, 0.25) is 0 Å². The van der Waals surface area contributed by atoms with E-state index >= 15 is 0 Å². The fourth-order valence-corrected chi connectivity index (χ4v) is 1.82. The quantitative estimate of drug-likeness (QED) is 0.732. The lowest BCUT2D eigenvalue weighted by atomic mass is 9.85. The van der Waals surface area contributed by atoms with Crippen LogP contribution in [-0.2, 0) is 5.41 Å². The van der Waals surface area contributed by atoms with Gasteiger partial charge in [0.1, 0.15) is 5.75 Å². The molecule has 0 saturated carbocycles. The third kappa shape index (κ3) is 4.34. The fraction of sp³-hybridized carbons (Fsp3) is 0.600. The molecule has 0 fully saturated rings. The zero-order chi connectivity index (χ0) is 13.1. The monoisotopic (exact) mass is 298 g/mol. The Morgan fingerprint density at radius 2 is 1.94 bits per heavy atom. The third-order valence-electron chi connectivity index (χ3n) is 2.73. The Labute approximate surface area is 114 Å². The van der Waals surface area contributed by atoms with Crippen molar-refractivity contribution in [2.75, 3.05) is 11.9 Å². The molecule has 1 aromatic rings. The van der Waals surface area contributed by atoms with Crippen molar-refractivity contribution in [3.63, 3.8) is 0 Å². The fourth-order valence-electron chi connectivity index (χ4n) is 1.63. The zero-order valence-corrected chi connectivity index (χ0v) is 13.1. The highest BCUT2D eigenvalue weighted by atomic mass is 79.9. The Kier molecular flexibility index (Phi) is 5.05. The molecule has 96 valence electrons. The van der Waals surface area contributed by atoms with Gasteiger partial charge >= 0.3 is 0 Å². The van der Waals surface area contributed by atoms with Crippen molar-refractivity contribution in [1.82, 2.24) is 0 Å². The molecule has 1 aromatic carbocycles. The molecule has 0 aliphatic carbocycles. The van der Waals surface area contributed by atoms with Gasteiger partial charge in [-0.2, -0.15) is 0 Å². The second-order valence-corrected chi connectivity index (χ2v) is 6.47. The van der Waals surface area contributed by atoms with E-state index in [0.29, 0.717) is 5.92 Å². The van der Waals surface area contributed by atoms with E-state index in [9.17, 15) is 0 Å². The maximum atomic E-state index is 5.94. The lowest BCUT2D eigenvalue weighted by Gasteiger charge is -2.24. The maximum absolute atomic E-state index is 5.94. The number of ether oxygens (including phenoxy) is 1. The predicted octanol–water partition coefficient (Wildman–Crippen LogP) is 4.70. The molecule has 0 spiro atoms. The summed E-state index contributed by atoms with van der Waals surface area (Å²) in [6, 6.07) is 6.44. The van der Waals surface area contributed by atoms with E-state index in [-0.39, 0.29) is 5.41 Å². The van der Waals surface area contributed by atoms with Gasteiger partial charge in [0.15, 0.2) is 0 Å². The molecule has 0 bridgehead atoms. The first-order valence-corrected chi connectivity index (χ1v) is 7.26. The summed E-state index contributed by atoms with van der Waals surface area (Å²) < 4.78 is 5.94. The van der Waals surface area contributed by atoms with Crippen molar-refractivity contribution in [2.24, 2.45) is 5.92 Å². The van der Waals surface area contributed by atoms with Crippen LogP contribution in [0.3, 0.4) is 0 Å². The first-order valence-electron chi connectivity index (χ1n) is 6.14. The number of benzene rings is 1. The Balaban J connectivity index is 2.91. The molecule has 2 heteroatoms. The van der Waals surface area contributed by atoms with Gasteiger partial charge in [-0.05, 0) is 29.9 Å². The molecule has 0 heterocycles. The molecular formula is C15H23BrO. The van der Waals surface area contributed by atoms with Gasteiger partial charge in [-0.3, -0.25) is 0 Å². The van der Waals surface area contributed by atoms with E-state index in [2.05, 4.69) is 68.7 Å². The Morgan fingerprint density at radius 3 is 2.47 bits per heavy atom. The third-order valence-corrected chi connectivity index (χ3v) is 3.84. The summed E-state index contributed by atoms with van der Waals surface area (Å²) in [4.78, 5) is 0. The summed E-state index contributed by atoms with van der Waals surface area (Å²) in [7, 11) is 0. The molecule has 0 aromatic heterocycles. The van der Waals surface area contributed by atoms with Crippen LogP contribution in [0, 0.1) is 12.8 Å². The predicted molar refractivity (Wildman–Crippen MR) is 78.3 cm³/mol. The van der Waals surface area contributed by atoms with Crippen molar-refractivity contribution in [3.8, 4) is 5.75 Å². The van der Waals surface area contributed by atoms with Crippen molar-refractivity contribution >= 4 is 15.9 Å². The summed E-state index contributed by atoms with van der Waals surface area (Å²) in [5.41, 5.74) is 2.70. The van der Waals surface area contributed by atoms with Gasteiger partial charge in [0.05, 0.1) is 6.61 Å². The van der Waals surface area contributed by atoms with Crippen molar-refractivity contribution < 1.29 is 4.74 Å². The maximum Gasteiger partial charge on any atom is 0.123 e. The summed E-state index contributed by atoms with van der Waals surface area (Å²) >= 11 is 3.48. The molecule has 0 saturated heterocycles. The highest BCUT2D eigenvalue weighted by molar-refractivity contribution is 9.09. The standard InChI is InChI=1S/C15H23BrO/c1-11-6-7-14(17-10-12(2)9-16)13(8-11)15(3,4)5/h6-8,12H,9-10H2,1-5H3. The van der Waals surface area contributed by atoms with Crippen LogP contribution in [-0.4, -0.2) is 11.9 Å². The number of hydrogen-bond acceptors (Lipinski definition) is 1. The summed E-state index contributed by atoms with van der Waals surface area (Å²) in [6.45, 7) is 11.7. The number of rotatable bonds is 4. The van der Waals surface area contributed by atoms with Gasteiger partial charge in [-0.15, -0.1) is 0 Å². The SMILES string of the molecule is Cc1ccc(OCC(C)CBr)c(C(C)(C)C)c1. The average Bonchev–Trinajstić information content (AvgIpc) is 2.25. The highest BCUT2D eigenvalue weighted by Crippen LogP contribution is 2.32. The van der Waals surface area contributed by atoms with Crippen LogP contribution in [0.25, 0.3) is 0 Å². The van der Waals surface area contributed by atoms with Crippen molar-refractivity contribution in [1.29, 1.82) is 0 Å². The number of alkyl halides is 1. The van der Waals surface area contributed by atoms with Crippen LogP contribution in [0.15, 0.2) is 18.2 Å². The van der Waals surface area contributed by atoms with Crippen molar-refractivity contribution in [2.45, 2.75) is 40.0 Å². The Hall–Kier alpha value is -0.500. The van der Waals surface area contributed by atoms with E-state index in [1.165, 1.54) is 11.1 Å². The van der Waals surface area contributed by atoms with Crippen LogP contribution < -0.4 is 4.74 Å². The van der Waals surface area contributed by atoms with E-state index < -0.39 is 0 Å². The molecular weight excluding hydrogens is 276 g/mol. The second kappa shape index (κ2) is 5.90. The topological polar surface area (TPSA) is 9.23 Å². The number of hydrogen-bond donors (Lipinski definition) is 0. The lowest BCUT2D eigenvalue weighted by molar-refractivity contribution is 0.268. The van der Waals surface area contributed by atoms with E-state index in [1.807, 2.05) is 0 Å². The van der Waals surface area contributed by atoms with Gasteiger partial charge in [0, 0.05) is 5.33 Å². The smallest absolute Gasteiger partial charge is 0.123 e. The number of aryl methyl sites for hydroxylation is 1. The first kappa shape index (κ1) is 14.6. The van der Waals surface area contributed by atoms with Gasteiger partial charge in [-0.1, -0.05) is 61.3 Å². The first-order chi connectivity index (χ1) is 7.84. The highest BCUT2D eigenvalue weighted by Gasteiger charge is 2.19. The van der Waals surface area contributed by atoms with Gasteiger partial charge in [-0.25, -0.2) is 0 Å². The molecule has 1 rings (SSSR count). The minimum absolute atomic E-state index is 0.124. The van der Waals surface area contributed by atoms with Gasteiger partial charge < -0.3 is 4.74 Å². The van der Waals surface area contributed by atoms with Crippen LogP contribution >= 0.6 is 15.9 Å². The second-order valence-electron chi connectivity index (χ2n) is 5.82. The van der Waals surface area contributed by atoms with Crippen LogP contribution in [0.2, 0.25) is 0 Å². The van der Waals surface area contributed by atoms with Crippen LogP contribution in [0.5, 0.6) is 5.75 Å². The molecule has 0 amide bonds. The summed E-state index contributed by atoms with van der Waals surface area (Å²) in [5, 5.41) is 0.976. The van der Waals surface area contributed by atoms with Gasteiger partial charge in [0.25, 0.3) is 0 Å². The molecule has 1 atom stereocenters. The molecule has 0 aliphatic heterocycles. The molecule has 0 N–H and O–H groups in total. The molecule has 0 aliphatic rings. The minimum Gasteiger partial charge on any atom is -0.493 e. The summed E-state index contributed by atoms with van der Waals surface area (Å²) in [5.74, 6) is 1.56. The molecule has 17 heavy (non-hydrogen) atoms. The van der Waals surface area contributed by atoms with E-state index in [1.54, 1.807) is 0 Å². The Bertz CT molecular complexity index is 366. The van der Waals surface area contributed by atoms with Crippen LogP contribution in [0.1, 0.15) is 38.8 Å². The minimum atomic E-state index is 0.124. The lowest BCUT2D eigenvalue weighted by Crippen LogP contribution is -2.16. The average molecular weight is 299 g/mol. The molecule has 0 radical (unpaired) electrons. The summed E-state index contributed by atoms with van der Waals surface area (Å²) in [6.07, 6.45) is 0. The van der Waals surface area contributed by atoms with Crippen molar-refractivity contribution in [3.05, 3.63) is 29.3 Å². The van der Waals surface area contributed by atoms with Crippen LogP contribution in [0.4, 0.5) is 0 Å². The van der Waals surface area contributed by atoms with E-state index in [4.69, 9.17) is 4.74 Å². The molecule has 1 nitrogen and oxygen atoms in total. The largest absolute Gasteiger partial charge is 0.493 e. The zero-order valence-electron chi connectivity index (χ0n) is 11.5. The number of halogens is 1. The van der Waals surface area contributed by atoms with E-state index in [0.717, 1.165) is 17.7 Å². The molecule has 1 unspecified atom stereocenters. The normalized spacial score (nSPS) is 13.5.